The molecule has 118 valence electrons. The Bertz CT molecular complexity index is 738. The van der Waals surface area contributed by atoms with Gasteiger partial charge in [-0.15, -0.1) is 11.3 Å². The summed E-state index contributed by atoms with van der Waals surface area (Å²) in [7, 11) is 1.72. The summed E-state index contributed by atoms with van der Waals surface area (Å²) in [5.41, 5.74) is 1.64. The van der Waals surface area contributed by atoms with Crippen LogP contribution in [0.4, 0.5) is 5.69 Å². The lowest BCUT2D eigenvalue weighted by molar-refractivity contribution is 0.0702. The first kappa shape index (κ1) is 16.2. The van der Waals surface area contributed by atoms with E-state index in [2.05, 4.69) is 10.4 Å². The Balaban J connectivity index is 2.26. The van der Waals surface area contributed by atoms with E-state index in [1.54, 1.807) is 20.0 Å². The van der Waals surface area contributed by atoms with Gasteiger partial charge in [0.25, 0.3) is 5.91 Å². The third-order valence-corrected chi connectivity index (χ3v) is 4.30. The van der Waals surface area contributed by atoms with Crippen molar-refractivity contribution in [1.29, 1.82) is 0 Å². The third kappa shape index (κ3) is 3.19. The minimum atomic E-state index is -0.996. The molecule has 0 aromatic carbocycles. The van der Waals surface area contributed by atoms with E-state index in [0.29, 0.717) is 11.4 Å². The predicted octanol–water partition coefficient (Wildman–Crippen LogP) is 3.04. The Morgan fingerprint density at radius 3 is 2.41 bits per heavy atom. The second-order valence-corrected chi connectivity index (χ2v) is 7.38. The zero-order valence-corrected chi connectivity index (χ0v) is 14.0. The number of nitrogens with zero attached hydrogens (tertiary/aromatic N) is 2. The highest BCUT2D eigenvalue weighted by molar-refractivity contribution is 7.14. The van der Waals surface area contributed by atoms with Crippen molar-refractivity contribution in [2.24, 2.45) is 7.05 Å². The molecule has 0 fully saturated rings. The van der Waals surface area contributed by atoms with E-state index in [9.17, 15) is 9.59 Å². The molecule has 0 saturated heterocycles. The van der Waals surface area contributed by atoms with Crippen LogP contribution in [-0.2, 0) is 12.5 Å². The van der Waals surface area contributed by atoms with Gasteiger partial charge in [-0.3, -0.25) is 9.48 Å². The van der Waals surface area contributed by atoms with Crippen LogP contribution in [0.2, 0.25) is 0 Å². The van der Waals surface area contributed by atoms with Crippen molar-refractivity contribution >= 4 is 28.9 Å². The van der Waals surface area contributed by atoms with Gasteiger partial charge in [0.05, 0.1) is 11.4 Å². The van der Waals surface area contributed by atoms with Gasteiger partial charge in [0.2, 0.25) is 0 Å². The number of hydrogen-bond acceptors (Lipinski definition) is 4. The Kier molecular flexibility index (Phi) is 4.10. The molecule has 0 unspecified atom stereocenters. The average molecular weight is 321 g/mol. The summed E-state index contributed by atoms with van der Waals surface area (Å²) in [6.07, 6.45) is 0. The van der Waals surface area contributed by atoms with Gasteiger partial charge in [-0.1, -0.05) is 20.8 Å². The smallest absolute Gasteiger partial charge is 0.345 e. The monoisotopic (exact) mass is 321 g/mol. The lowest BCUT2D eigenvalue weighted by Crippen LogP contribution is -2.16. The first-order valence-electron chi connectivity index (χ1n) is 6.79. The van der Waals surface area contributed by atoms with Gasteiger partial charge < -0.3 is 10.4 Å². The fourth-order valence-electron chi connectivity index (χ4n) is 1.94. The van der Waals surface area contributed by atoms with Crippen LogP contribution in [0, 0.1) is 6.92 Å². The summed E-state index contributed by atoms with van der Waals surface area (Å²) in [6, 6.07) is 3.23. The summed E-state index contributed by atoms with van der Waals surface area (Å²) in [6.45, 7) is 7.86. The fourth-order valence-corrected chi connectivity index (χ4v) is 2.76. The quantitative estimate of drug-likeness (QED) is 0.910. The molecule has 0 aliphatic rings. The van der Waals surface area contributed by atoms with Gasteiger partial charge in [0.15, 0.2) is 0 Å². The van der Waals surface area contributed by atoms with Gasteiger partial charge in [0, 0.05) is 17.3 Å². The van der Waals surface area contributed by atoms with Crippen LogP contribution in [0.25, 0.3) is 0 Å². The molecule has 2 aromatic rings. The van der Waals surface area contributed by atoms with E-state index >= 15 is 0 Å². The topological polar surface area (TPSA) is 84.2 Å². The third-order valence-electron chi connectivity index (χ3n) is 3.26. The highest BCUT2D eigenvalue weighted by atomic mass is 32.1. The van der Waals surface area contributed by atoms with Crippen LogP contribution >= 0.6 is 11.3 Å². The molecule has 1 amide bonds. The molecule has 2 N–H and O–H groups in total. The van der Waals surface area contributed by atoms with Gasteiger partial charge >= 0.3 is 5.97 Å². The normalized spacial score (nSPS) is 11.5. The number of carboxylic acid groups (broad SMARTS) is 1. The number of anilines is 1. The molecule has 0 spiro atoms. The molecule has 2 rings (SSSR count). The molecular formula is C15H19N3O3S. The molecule has 0 radical (unpaired) electrons. The molecule has 0 saturated carbocycles. The van der Waals surface area contributed by atoms with Crippen molar-refractivity contribution in [3.8, 4) is 0 Å². The van der Waals surface area contributed by atoms with Crippen LogP contribution in [0.3, 0.4) is 0 Å². The van der Waals surface area contributed by atoms with Gasteiger partial charge in [0.1, 0.15) is 10.6 Å². The van der Waals surface area contributed by atoms with Crippen molar-refractivity contribution < 1.29 is 14.7 Å². The van der Waals surface area contributed by atoms with Gasteiger partial charge in [-0.05, 0) is 19.1 Å². The number of aryl methyl sites for hydroxylation is 2. The van der Waals surface area contributed by atoms with Crippen molar-refractivity contribution in [3.63, 3.8) is 0 Å². The molecule has 2 aromatic heterocycles. The van der Waals surface area contributed by atoms with Crippen LogP contribution in [0.1, 0.15) is 51.5 Å². The number of amides is 1. The SMILES string of the molecule is Cc1sc(C(=O)O)cc1NC(=O)c1cc(C(C)(C)C)nn1C. The number of carboxylic acids is 1. The summed E-state index contributed by atoms with van der Waals surface area (Å²) in [5.74, 6) is -1.30. The lowest BCUT2D eigenvalue weighted by atomic mass is 9.92. The zero-order chi connectivity index (χ0) is 16.7. The fraction of sp³-hybridized carbons (Fsp3) is 0.400. The second kappa shape index (κ2) is 5.57. The van der Waals surface area contributed by atoms with Crippen molar-refractivity contribution in [1.82, 2.24) is 9.78 Å². The van der Waals surface area contributed by atoms with E-state index in [-0.39, 0.29) is 16.2 Å². The molecular weight excluding hydrogens is 302 g/mol. The average Bonchev–Trinajstić information content (AvgIpc) is 2.93. The number of aromatic nitrogens is 2. The Morgan fingerprint density at radius 2 is 1.95 bits per heavy atom. The van der Waals surface area contributed by atoms with Crippen molar-refractivity contribution in [2.75, 3.05) is 5.32 Å². The van der Waals surface area contributed by atoms with Crippen molar-refractivity contribution in [2.45, 2.75) is 33.1 Å². The van der Waals surface area contributed by atoms with E-state index in [4.69, 9.17) is 5.11 Å². The van der Waals surface area contributed by atoms with E-state index in [1.165, 1.54) is 10.7 Å². The van der Waals surface area contributed by atoms with Crippen LogP contribution in [0.5, 0.6) is 0 Å². The van der Waals surface area contributed by atoms with E-state index < -0.39 is 5.97 Å². The van der Waals surface area contributed by atoms with Crippen molar-refractivity contribution in [3.05, 3.63) is 33.3 Å². The predicted molar refractivity (Wildman–Crippen MR) is 85.9 cm³/mol. The molecule has 7 heteroatoms. The van der Waals surface area contributed by atoms with E-state index in [1.807, 2.05) is 20.8 Å². The lowest BCUT2D eigenvalue weighted by Gasteiger charge is -2.13. The molecule has 0 bridgehead atoms. The molecule has 0 atom stereocenters. The maximum absolute atomic E-state index is 12.4. The largest absolute Gasteiger partial charge is 0.477 e. The van der Waals surface area contributed by atoms with Crippen LogP contribution in [0.15, 0.2) is 12.1 Å². The number of hydrogen-bond donors (Lipinski definition) is 2. The Labute approximate surface area is 132 Å². The number of rotatable bonds is 3. The van der Waals surface area contributed by atoms with Gasteiger partial charge in [-0.25, -0.2) is 4.79 Å². The maximum Gasteiger partial charge on any atom is 0.345 e. The van der Waals surface area contributed by atoms with Crippen LogP contribution in [-0.4, -0.2) is 26.8 Å². The highest BCUT2D eigenvalue weighted by Crippen LogP contribution is 2.27. The number of nitrogens with one attached hydrogen (secondary N) is 1. The molecule has 0 aliphatic heterocycles. The molecule has 22 heavy (non-hydrogen) atoms. The number of carbonyl (C=O) groups excluding carboxylic acids is 1. The highest BCUT2D eigenvalue weighted by Gasteiger charge is 2.22. The molecule has 6 nitrogen and oxygen atoms in total. The standard InChI is InChI=1S/C15H19N3O3S/c1-8-9(6-11(22-8)14(20)21)16-13(19)10-7-12(15(2,3)4)17-18(10)5/h6-7H,1-5H3,(H,16,19)(H,20,21). The minimum absolute atomic E-state index is 0.148. The van der Waals surface area contributed by atoms with E-state index in [0.717, 1.165) is 21.9 Å². The first-order valence-corrected chi connectivity index (χ1v) is 7.61. The Morgan fingerprint density at radius 1 is 1.32 bits per heavy atom. The first-order chi connectivity index (χ1) is 10.1. The molecule has 2 heterocycles. The number of aromatic carboxylic acids is 1. The maximum atomic E-state index is 12.4. The summed E-state index contributed by atoms with van der Waals surface area (Å²) < 4.78 is 1.54. The second-order valence-electron chi connectivity index (χ2n) is 6.13. The van der Waals surface area contributed by atoms with Crippen LogP contribution < -0.4 is 5.32 Å². The number of thiophene rings is 1. The zero-order valence-electron chi connectivity index (χ0n) is 13.2. The van der Waals surface area contributed by atoms with Gasteiger partial charge in [-0.2, -0.15) is 5.10 Å². The Hall–Kier alpha value is -2.15. The minimum Gasteiger partial charge on any atom is -0.477 e. The number of carbonyl (C=O) groups is 2. The summed E-state index contributed by atoms with van der Waals surface area (Å²) in [5, 5.41) is 16.1. The summed E-state index contributed by atoms with van der Waals surface area (Å²) >= 11 is 1.14. The summed E-state index contributed by atoms with van der Waals surface area (Å²) in [4.78, 5) is 24.3. The molecule has 0 aliphatic carbocycles.